The SMILES string of the molecule is CCOc1cccc(N)c1C(=O)c1c(C)cc(C)cc1C. The molecule has 0 atom stereocenters. The normalized spacial score (nSPS) is 10.5. The van der Waals surface area contributed by atoms with Gasteiger partial charge in [-0.25, -0.2) is 0 Å². The highest BCUT2D eigenvalue weighted by Gasteiger charge is 2.21. The Bertz CT molecular complexity index is 667. The molecule has 0 heterocycles. The quantitative estimate of drug-likeness (QED) is 0.685. The van der Waals surface area contributed by atoms with Crippen LogP contribution in [-0.4, -0.2) is 12.4 Å². The van der Waals surface area contributed by atoms with Gasteiger partial charge in [-0.15, -0.1) is 0 Å². The first-order chi connectivity index (χ1) is 9.95. The summed E-state index contributed by atoms with van der Waals surface area (Å²) in [4.78, 5) is 13.0. The number of benzene rings is 2. The van der Waals surface area contributed by atoms with Crippen LogP contribution in [0.5, 0.6) is 5.75 Å². The van der Waals surface area contributed by atoms with Crippen molar-refractivity contribution in [1.29, 1.82) is 0 Å². The molecule has 21 heavy (non-hydrogen) atoms. The van der Waals surface area contributed by atoms with Gasteiger partial charge in [-0.2, -0.15) is 0 Å². The minimum absolute atomic E-state index is 0.0773. The first-order valence-electron chi connectivity index (χ1n) is 7.09. The lowest BCUT2D eigenvalue weighted by Crippen LogP contribution is -2.12. The summed E-state index contributed by atoms with van der Waals surface area (Å²) in [7, 11) is 0. The molecule has 0 aromatic heterocycles. The van der Waals surface area contributed by atoms with E-state index in [2.05, 4.69) is 0 Å². The number of rotatable bonds is 4. The summed E-state index contributed by atoms with van der Waals surface area (Å²) in [5, 5.41) is 0. The number of hydrogen-bond donors (Lipinski definition) is 1. The Morgan fingerprint density at radius 2 is 1.71 bits per heavy atom. The van der Waals surface area contributed by atoms with Crippen molar-refractivity contribution < 1.29 is 9.53 Å². The molecule has 0 aliphatic heterocycles. The molecule has 0 radical (unpaired) electrons. The van der Waals surface area contributed by atoms with Crippen molar-refractivity contribution in [1.82, 2.24) is 0 Å². The van der Waals surface area contributed by atoms with E-state index in [1.807, 2.05) is 39.8 Å². The van der Waals surface area contributed by atoms with E-state index >= 15 is 0 Å². The maximum Gasteiger partial charge on any atom is 0.199 e. The predicted octanol–water partition coefficient (Wildman–Crippen LogP) is 3.82. The van der Waals surface area contributed by atoms with Gasteiger partial charge in [0, 0.05) is 11.3 Å². The van der Waals surface area contributed by atoms with Crippen LogP contribution in [0.2, 0.25) is 0 Å². The second-order valence-corrected chi connectivity index (χ2v) is 5.26. The first kappa shape index (κ1) is 15.1. The van der Waals surface area contributed by atoms with Gasteiger partial charge in [0.25, 0.3) is 0 Å². The summed E-state index contributed by atoms with van der Waals surface area (Å²) in [6.45, 7) is 8.31. The fraction of sp³-hybridized carbons (Fsp3) is 0.278. The molecule has 2 rings (SSSR count). The van der Waals surface area contributed by atoms with Crippen LogP contribution in [-0.2, 0) is 0 Å². The lowest BCUT2D eigenvalue weighted by Gasteiger charge is -2.15. The van der Waals surface area contributed by atoms with Crippen LogP contribution in [0.4, 0.5) is 5.69 Å². The Morgan fingerprint density at radius 3 is 2.29 bits per heavy atom. The Morgan fingerprint density at radius 1 is 1.10 bits per heavy atom. The monoisotopic (exact) mass is 283 g/mol. The van der Waals surface area contributed by atoms with Gasteiger partial charge in [-0.1, -0.05) is 23.8 Å². The molecular weight excluding hydrogens is 262 g/mol. The number of anilines is 1. The number of carbonyl (C=O) groups excluding carboxylic acids is 1. The molecule has 0 unspecified atom stereocenters. The average molecular weight is 283 g/mol. The Hall–Kier alpha value is -2.29. The molecule has 3 nitrogen and oxygen atoms in total. The summed E-state index contributed by atoms with van der Waals surface area (Å²) in [6.07, 6.45) is 0. The Balaban J connectivity index is 2.61. The molecule has 2 aromatic carbocycles. The fourth-order valence-electron chi connectivity index (χ4n) is 2.73. The minimum Gasteiger partial charge on any atom is -0.493 e. The standard InChI is InChI=1S/C18H21NO2/c1-5-21-15-8-6-7-14(19)17(15)18(20)16-12(3)9-11(2)10-13(16)4/h6-10H,5,19H2,1-4H3. The molecule has 0 saturated heterocycles. The van der Waals surface area contributed by atoms with Crippen molar-refractivity contribution in [2.75, 3.05) is 12.3 Å². The zero-order chi connectivity index (χ0) is 15.6. The summed E-state index contributed by atoms with van der Waals surface area (Å²) in [5.74, 6) is 0.466. The highest BCUT2D eigenvalue weighted by Crippen LogP contribution is 2.30. The van der Waals surface area contributed by atoms with Gasteiger partial charge < -0.3 is 10.5 Å². The third kappa shape index (κ3) is 2.92. The molecule has 110 valence electrons. The van der Waals surface area contributed by atoms with Gasteiger partial charge >= 0.3 is 0 Å². The maximum atomic E-state index is 13.0. The second kappa shape index (κ2) is 6.00. The third-order valence-corrected chi connectivity index (χ3v) is 3.49. The summed E-state index contributed by atoms with van der Waals surface area (Å²) >= 11 is 0. The van der Waals surface area contributed by atoms with Crippen LogP contribution in [0.3, 0.4) is 0 Å². The van der Waals surface area contributed by atoms with Crippen molar-refractivity contribution >= 4 is 11.5 Å². The zero-order valence-electron chi connectivity index (χ0n) is 13.0. The molecule has 0 aliphatic carbocycles. The molecule has 2 N–H and O–H groups in total. The first-order valence-corrected chi connectivity index (χ1v) is 7.09. The Labute approximate surface area is 125 Å². The van der Waals surface area contributed by atoms with E-state index in [1.165, 1.54) is 0 Å². The number of aryl methyl sites for hydroxylation is 3. The summed E-state index contributed by atoms with van der Waals surface area (Å²) in [5.41, 5.74) is 10.7. The van der Waals surface area contributed by atoms with Gasteiger partial charge in [0.2, 0.25) is 0 Å². The van der Waals surface area contributed by atoms with Crippen molar-refractivity contribution in [3.8, 4) is 5.75 Å². The van der Waals surface area contributed by atoms with Crippen molar-refractivity contribution in [2.45, 2.75) is 27.7 Å². The van der Waals surface area contributed by atoms with Crippen molar-refractivity contribution in [3.05, 3.63) is 58.1 Å². The van der Waals surface area contributed by atoms with Crippen molar-refractivity contribution in [2.24, 2.45) is 0 Å². The van der Waals surface area contributed by atoms with E-state index in [4.69, 9.17) is 10.5 Å². The number of ether oxygens (including phenoxy) is 1. The van der Waals surface area contributed by atoms with E-state index in [1.54, 1.807) is 18.2 Å². The van der Waals surface area contributed by atoms with Crippen LogP contribution in [0.15, 0.2) is 30.3 Å². The third-order valence-electron chi connectivity index (χ3n) is 3.49. The molecule has 3 heteroatoms. The van der Waals surface area contributed by atoms with Gasteiger partial charge in [-0.3, -0.25) is 4.79 Å². The number of nitrogens with two attached hydrogens (primary N) is 1. The van der Waals surface area contributed by atoms with E-state index in [0.29, 0.717) is 29.2 Å². The molecule has 2 aromatic rings. The van der Waals surface area contributed by atoms with E-state index < -0.39 is 0 Å². The van der Waals surface area contributed by atoms with Gasteiger partial charge in [0.05, 0.1) is 12.2 Å². The van der Waals surface area contributed by atoms with Crippen molar-refractivity contribution in [3.63, 3.8) is 0 Å². The van der Waals surface area contributed by atoms with E-state index in [-0.39, 0.29) is 5.78 Å². The van der Waals surface area contributed by atoms with Gasteiger partial charge in [-0.05, 0) is 51.0 Å². The molecule has 0 saturated carbocycles. The highest BCUT2D eigenvalue weighted by molar-refractivity contribution is 6.15. The second-order valence-electron chi connectivity index (χ2n) is 5.26. The maximum absolute atomic E-state index is 13.0. The fourth-order valence-corrected chi connectivity index (χ4v) is 2.73. The minimum atomic E-state index is -0.0773. The summed E-state index contributed by atoms with van der Waals surface area (Å²) in [6, 6.07) is 9.34. The van der Waals surface area contributed by atoms with Crippen LogP contribution in [0.25, 0.3) is 0 Å². The number of hydrogen-bond acceptors (Lipinski definition) is 3. The molecule has 0 amide bonds. The number of carbonyl (C=O) groups is 1. The van der Waals surface area contributed by atoms with Gasteiger partial charge in [0.15, 0.2) is 5.78 Å². The Kier molecular flexibility index (Phi) is 4.32. The topological polar surface area (TPSA) is 52.3 Å². The van der Waals surface area contributed by atoms with E-state index in [9.17, 15) is 4.79 Å². The van der Waals surface area contributed by atoms with Gasteiger partial charge in [0.1, 0.15) is 5.75 Å². The van der Waals surface area contributed by atoms with E-state index in [0.717, 1.165) is 16.7 Å². The molecular formula is C18H21NO2. The number of ketones is 1. The highest BCUT2D eigenvalue weighted by atomic mass is 16.5. The predicted molar refractivity (Wildman–Crippen MR) is 86.1 cm³/mol. The average Bonchev–Trinajstić information content (AvgIpc) is 2.37. The molecule has 0 spiro atoms. The lowest BCUT2D eigenvalue weighted by atomic mass is 9.92. The zero-order valence-corrected chi connectivity index (χ0v) is 13.0. The number of nitrogen functional groups attached to an aromatic ring is 1. The molecule has 0 fully saturated rings. The largest absolute Gasteiger partial charge is 0.493 e. The lowest BCUT2D eigenvalue weighted by molar-refractivity contribution is 0.103. The summed E-state index contributed by atoms with van der Waals surface area (Å²) < 4.78 is 5.56. The van der Waals surface area contributed by atoms with Crippen LogP contribution >= 0.6 is 0 Å². The van der Waals surface area contributed by atoms with Crippen LogP contribution in [0, 0.1) is 20.8 Å². The van der Waals surface area contributed by atoms with Crippen LogP contribution in [0.1, 0.15) is 39.5 Å². The smallest absolute Gasteiger partial charge is 0.199 e. The molecule has 0 aliphatic rings. The molecule has 0 bridgehead atoms. The van der Waals surface area contributed by atoms with Crippen LogP contribution < -0.4 is 10.5 Å².